The van der Waals surface area contributed by atoms with Crippen molar-refractivity contribution in [3.63, 3.8) is 0 Å². The molecule has 1 atom stereocenters. The molecule has 2 heterocycles. The van der Waals surface area contributed by atoms with Crippen LogP contribution in [0.3, 0.4) is 0 Å². The number of alkyl halides is 3. The SMILES string of the molecule is CC12CC(F)=CC=C1C(C1CCN(S(=O)(=O)C(F)(F)F)CC1)=CN2. The van der Waals surface area contributed by atoms with Crippen molar-refractivity contribution < 1.29 is 26.0 Å². The molecule has 1 unspecified atom stereocenters. The van der Waals surface area contributed by atoms with Gasteiger partial charge in [-0.3, -0.25) is 0 Å². The van der Waals surface area contributed by atoms with E-state index in [2.05, 4.69) is 5.32 Å². The topological polar surface area (TPSA) is 49.4 Å². The zero-order valence-electron chi connectivity index (χ0n) is 13.0. The highest BCUT2D eigenvalue weighted by atomic mass is 32.2. The zero-order valence-corrected chi connectivity index (χ0v) is 13.8. The number of hydrogen-bond donors (Lipinski definition) is 1. The Bertz CT molecular complexity index is 731. The first-order chi connectivity index (χ1) is 11.0. The Morgan fingerprint density at radius 2 is 1.88 bits per heavy atom. The average Bonchev–Trinajstić information content (AvgIpc) is 2.82. The molecule has 1 fully saturated rings. The summed E-state index contributed by atoms with van der Waals surface area (Å²) in [5.74, 6) is -0.269. The standard InChI is InChI=1S/C15H18F4N2O2S/c1-14-8-11(16)2-3-13(14)12(9-20-14)10-4-6-21(7-5-10)24(22,23)15(17,18)19/h2-3,9-10,20H,4-8H2,1H3. The Balaban J connectivity index is 1.73. The summed E-state index contributed by atoms with van der Waals surface area (Å²) >= 11 is 0. The number of allylic oxidation sites excluding steroid dienone is 2. The van der Waals surface area contributed by atoms with E-state index in [0.29, 0.717) is 17.1 Å². The van der Waals surface area contributed by atoms with Gasteiger partial charge in [0.2, 0.25) is 0 Å². The molecule has 0 aromatic heterocycles. The first kappa shape index (κ1) is 17.5. The first-order valence-corrected chi connectivity index (χ1v) is 9.10. The number of piperidine rings is 1. The molecule has 0 radical (unpaired) electrons. The molecule has 0 bridgehead atoms. The minimum atomic E-state index is -5.26. The Morgan fingerprint density at radius 3 is 2.46 bits per heavy atom. The van der Waals surface area contributed by atoms with Crippen molar-refractivity contribution in [3.8, 4) is 0 Å². The van der Waals surface area contributed by atoms with Gasteiger partial charge in [0.15, 0.2) is 0 Å². The largest absolute Gasteiger partial charge is 0.511 e. The van der Waals surface area contributed by atoms with Gasteiger partial charge in [0.25, 0.3) is 0 Å². The summed E-state index contributed by atoms with van der Waals surface area (Å²) in [7, 11) is -5.26. The van der Waals surface area contributed by atoms with E-state index in [1.807, 2.05) is 6.92 Å². The van der Waals surface area contributed by atoms with Crippen LogP contribution >= 0.6 is 0 Å². The quantitative estimate of drug-likeness (QED) is 0.765. The summed E-state index contributed by atoms with van der Waals surface area (Å²) in [6.07, 6.45) is 5.73. The van der Waals surface area contributed by atoms with Crippen LogP contribution in [0, 0.1) is 5.92 Å². The van der Waals surface area contributed by atoms with Gasteiger partial charge in [-0.2, -0.15) is 17.5 Å². The highest BCUT2D eigenvalue weighted by molar-refractivity contribution is 7.90. The lowest BCUT2D eigenvalue weighted by Gasteiger charge is -2.35. The van der Waals surface area contributed by atoms with E-state index in [1.165, 1.54) is 6.08 Å². The molecule has 0 spiro atoms. The Labute approximate surface area is 137 Å². The van der Waals surface area contributed by atoms with Crippen LogP contribution in [0.2, 0.25) is 0 Å². The van der Waals surface area contributed by atoms with Gasteiger partial charge in [-0.1, -0.05) is 6.08 Å². The molecular weight excluding hydrogens is 348 g/mol. The fourth-order valence-corrected chi connectivity index (χ4v) is 4.58. The van der Waals surface area contributed by atoms with Crippen molar-refractivity contribution in [2.45, 2.75) is 37.2 Å². The molecule has 24 heavy (non-hydrogen) atoms. The Morgan fingerprint density at radius 1 is 1.25 bits per heavy atom. The normalized spacial score (nSPS) is 29.5. The third-order valence-corrected chi connectivity index (χ3v) is 6.56. The molecule has 9 heteroatoms. The summed E-state index contributed by atoms with van der Waals surface area (Å²) in [5.41, 5.74) is -3.93. The minimum absolute atomic E-state index is 0.0418. The van der Waals surface area contributed by atoms with Crippen molar-refractivity contribution in [3.05, 3.63) is 35.3 Å². The molecule has 1 aliphatic carbocycles. The van der Waals surface area contributed by atoms with Gasteiger partial charge in [-0.15, -0.1) is 0 Å². The lowest BCUT2D eigenvalue weighted by molar-refractivity contribution is -0.0495. The van der Waals surface area contributed by atoms with Crippen molar-refractivity contribution in [2.24, 2.45) is 5.92 Å². The lowest BCUT2D eigenvalue weighted by atomic mass is 9.77. The maximum atomic E-state index is 13.5. The van der Waals surface area contributed by atoms with Crippen molar-refractivity contribution in [1.29, 1.82) is 0 Å². The molecular formula is C15H18F4N2O2S. The van der Waals surface area contributed by atoms with Crippen LogP contribution in [0.25, 0.3) is 0 Å². The van der Waals surface area contributed by atoms with Gasteiger partial charge in [0.05, 0.1) is 5.54 Å². The molecule has 1 saturated heterocycles. The second-order valence-corrected chi connectivity index (χ2v) is 8.50. The zero-order chi connectivity index (χ0) is 17.8. The summed E-state index contributed by atoms with van der Waals surface area (Å²) in [6.45, 7) is 1.54. The summed E-state index contributed by atoms with van der Waals surface area (Å²) in [6, 6.07) is 0. The highest BCUT2D eigenvalue weighted by Crippen LogP contribution is 2.43. The van der Waals surface area contributed by atoms with Crippen LogP contribution in [-0.2, 0) is 10.0 Å². The number of nitrogens with zero attached hydrogens (tertiary/aromatic N) is 1. The van der Waals surface area contributed by atoms with E-state index in [-0.39, 0.29) is 31.3 Å². The Hall–Kier alpha value is -1.35. The van der Waals surface area contributed by atoms with E-state index in [0.717, 1.165) is 11.1 Å². The molecule has 4 nitrogen and oxygen atoms in total. The average molecular weight is 366 g/mol. The van der Waals surface area contributed by atoms with Gasteiger partial charge < -0.3 is 5.32 Å². The van der Waals surface area contributed by atoms with Gasteiger partial charge in [0, 0.05) is 25.7 Å². The van der Waals surface area contributed by atoms with Gasteiger partial charge in [0.1, 0.15) is 5.83 Å². The van der Waals surface area contributed by atoms with Crippen molar-refractivity contribution in [2.75, 3.05) is 13.1 Å². The number of sulfonamides is 1. The van der Waals surface area contributed by atoms with Gasteiger partial charge >= 0.3 is 15.5 Å². The van der Waals surface area contributed by atoms with Crippen LogP contribution < -0.4 is 5.32 Å². The maximum Gasteiger partial charge on any atom is 0.511 e. The molecule has 1 N–H and O–H groups in total. The second kappa shape index (κ2) is 5.59. The minimum Gasteiger partial charge on any atom is -0.381 e. The van der Waals surface area contributed by atoms with Gasteiger partial charge in [-0.25, -0.2) is 12.8 Å². The summed E-state index contributed by atoms with van der Waals surface area (Å²) < 4.78 is 74.8. The van der Waals surface area contributed by atoms with Crippen LogP contribution in [-0.4, -0.2) is 36.9 Å². The third-order valence-electron chi connectivity index (χ3n) is 4.93. The van der Waals surface area contributed by atoms with Crippen molar-refractivity contribution >= 4 is 10.0 Å². The fraction of sp³-hybridized carbons (Fsp3) is 0.600. The maximum absolute atomic E-state index is 13.5. The van der Waals surface area contributed by atoms with Crippen LogP contribution in [0.4, 0.5) is 17.6 Å². The van der Waals surface area contributed by atoms with Crippen LogP contribution in [0.15, 0.2) is 35.3 Å². The molecule has 0 aromatic rings. The molecule has 3 aliphatic rings. The molecule has 0 aromatic carbocycles. The fourth-order valence-electron chi connectivity index (χ4n) is 3.60. The monoisotopic (exact) mass is 366 g/mol. The Kier molecular flexibility index (Phi) is 4.07. The van der Waals surface area contributed by atoms with Gasteiger partial charge in [-0.05, 0) is 42.9 Å². The third kappa shape index (κ3) is 2.77. The van der Waals surface area contributed by atoms with E-state index >= 15 is 0 Å². The number of fused-ring (bicyclic) bond motifs is 1. The summed E-state index contributed by atoms with van der Waals surface area (Å²) in [4.78, 5) is 0. The lowest BCUT2D eigenvalue weighted by Crippen LogP contribution is -2.45. The first-order valence-electron chi connectivity index (χ1n) is 7.66. The molecule has 134 valence electrons. The number of halogens is 4. The van der Waals surface area contributed by atoms with Crippen molar-refractivity contribution in [1.82, 2.24) is 9.62 Å². The number of nitrogens with one attached hydrogen (secondary N) is 1. The predicted octanol–water partition coefficient (Wildman–Crippen LogP) is 2.98. The predicted molar refractivity (Wildman–Crippen MR) is 80.8 cm³/mol. The molecule has 2 aliphatic heterocycles. The van der Waals surface area contributed by atoms with E-state index in [4.69, 9.17) is 0 Å². The number of rotatable bonds is 2. The summed E-state index contributed by atoms with van der Waals surface area (Å²) in [5, 5.41) is 3.16. The van der Waals surface area contributed by atoms with Crippen LogP contribution in [0.5, 0.6) is 0 Å². The smallest absolute Gasteiger partial charge is 0.381 e. The van der Waals surface area contributed by atoms with Crippen LogP contribution in [0.1, 0.15) is 26.2 Å². The molecule has 0 amide bonds. The van der Waals surface area contributed by atoms with E-state index in [1.54, 1.807) is 12.3 Å². The molecule has 3 rings (SSSR count). The highest BCUT2D eigenvalue weighted by Gasteiger charge is 2.51. The molecule has 0 saturated carbocycles. The van der Waals surface area contributed by atoms with E-state index < -0.39 is 21.1 Å². The number of hydrogen-bond acceptors (Lipinski definition) is 3. The second-order valence-electron chi connectivity index (χ2n) is 6.57. The van der Waals surface area contributed by atoms with E-state index in [9.17, 15) is 26.0 Å².